The molecule has 20 heavy (non-hydrogen) atoms. The second-order valence-electron chi connectivity index (χ2n) is 5.15. The monoisotopic (exact) mass is 286 g/mol. The summed E-state index contributed by atoms with van der Waals surface area (Å²) in [6.45, 7) is 0. The number of anilines is 1. The van der Waals surface area contributed by atoms with Gasteiger partial charge >= 0.3 is 5.97 Å². The lowest BCUT2D eigenvalue weighted by atomic mass is 9.80. The summed E-state index contributed by atoms with van der Waals surface area (Å²) >= 11 is 1.27. The van der Waals surface area contributed by atoms with Gasteiger partial charge in [0.05, 0.1) is 5.41 Å². The van der Waals surface area contributed by atoms with Crippen molar-refractivity contribution in [3.05, 3.63) is 45.3 Å². The van der Waals surface area contributed by atoms with E-state index in [-0.39, 0.29) is 5.91 Å². The topological polar surface area (TPSA) is 79.3 Å². The van der Waals surface area contributed by atoms with Gasteiger partial charge in [-0.2, -0.15) is 0 Å². The van der Waals surface area contributed by atoms with Gasteiger partial charge in [-0.3, -0.25) is 4.79 Å². The third-order valence-corrected chi connectivity index (χ3v) is 5.22. The summed E-state index contributed by atoms with van der Waals surface area (Å²) in [6.07, 6.45) is 2.77. The van der Waals surface area contributed by atoms with Crippen molar-refractivity contribution >= 4 is 29.0 Å². The number of hydrogen-bond acceptors (Lipinski definition) is 4. The molecule has 0 saturated carbocycles. The zero-order chi connectivity index (χ0) is 13.9. The Hall–Kier alpha value is -2.21. The Morgan fingerprint density at radius 1 is 1.45 bits per heavy atom. The minimum absolute atomic E-state index is 0.0357. The van der Waals surface area contributed by atoms with Crippen LogP contribution in [0.1, 0.15) is 25.7 Å². The molecule has 2 aromatic rings. The summed E-state index contributed by atoms with van der Waals surface area (Å²) in [5.74, 6) is -0.311. The minimum atomic E-state index is -0.906. The van der Waals surface area contributed by atoms with E-state index in [9.17, 15) is 9.59 Å². The molecule has 1 aliphatic carbocycles. The molecule has 0 radical (unpaired) electrons. The Morgan fingerprint density at radius 2 is 2.30 bits per heavy atom. The van der Waals surface area contributed by atoms with E-state index in [1.54, 1.807) is 12.3 Å². The minimum Gasteiger partial charge on any atom is -0.477 e. The lowest BCUT2D eigenvalue weighted by Gasteiger charge is -2.20. The fourth-order valence-corrected chi connectivity index (χ4v) is 4.26. The molecule has 0 bridgehead atoms. The molecule has 2 aromatic heterocycles. The van der Waals surface area contributed by atoms with Gasteiger partial charge < -0.3 is 10.4 Å². The van der Waals surface area contributed by atoms with Crippen LogP contribution in [-0.4, -0.2) is 22.0 Å². The molecule has 1 aliphatic heterocycles. The van der Waals surface area contributed by atoms with Gasteiger partial charge in [0.2, 0.25) is 5.91 Å². The molecule has 2 N–H and O–H groups in total. The average Bonchev–Trinajstić information content (AvgIpc) is 3.02. The van der Waals surface area contributed by atoms with E-state index >= 15 is 0 Å². The number of hydrogen-bond donors (Lipinski definition) is 2. The molecule has 3 heterocycles. The van der Waals surface area contributed by atoms with Gasteiger partial charge in [0.25, 0.3) is 0 Å². The number of fused-ring (bicyclic) bond motifs is 3. The van der Waals surface area contributed by atoms with Gasteiger partial charge in [0.15, 0.2) is 0 Å². The molecule has 0 unspecified atom stereocenters. The summed E-state index contributed by atoms with van der Waals surface area (Å²) in [7, 11) is 0. The molecule has 100 valence electrons. The first-order valence-corrected chi connectivity index (χ1v) is 7.04. The maximum Gasteiger partial charge on any atom is 0.345 e. The van der Waals surface area contributed by atoms with Gasteiger partial charge in [0, 0.05) is 23.1 Å². The number of nitrogens with one attached hydrogen (secondary N) is 1. The number of amides is 1. The average molecular weight is 286 g/mol. The summed E-state index contributed by atoms with van der Waals surface area (Å²) in [6, 6.07) is 5.45. The first kappa shape index (κ1) is 11.6. The number of rotatable bonds is 1. The van der Waals surface area contributed by atoms with Crippen LogP contribution in [0, 0.1) is 0 Å². The van der Waals surface area contributed by atoms with Gasteiger partial charge in [-0.15, -0.1) is 11.3 Å². The third-order valence-electron chi connectivity index (χ3n) is 4.05. The summed E-state index contributed by atoms with van der Waals surface area (Å²) in [4.78, 5) is 28.9. The standard InChI is InChI=1S/C14H10N2O3S/c17-12(18)9-4-7-5-14(6-10(7)20-9)8-2-1-3-15-11(8)16-13(14)19/h1-4H,5-6H2,(H,17,18)(H,15,16,19)/t14-/m1/s1. The van der Waals surface area contributed by atoms with E-state index in [0.29, 0.717) is 23.5 Å². The SMILES string of the molecule is O=C(O)c1cc2c(s1)C[C@@]1(C2)C(=O)Nc2ncccc21. The smallest absolute Gasteiger partial charge is 0.345 e. The van der Waals surface area contributed by atoms with E-state index in [2.05, 4.69) is 10.3 Å². The van der Waals surface area contributed by atoms with Gasteiger partial charge in [-0.25, -0.2) is 9.78 Å². The molecular weight excluding hydrogens is 276 g/mol. The zero-order valence-electron chi connectivity index (χ0n) is 10.3. The number of aromatic nitrogens is 1. The Labute approximate surface area is 118 Å². The fraction of sp³-hybridized carbons (Fsp3) is 0.214. The van der Waals surface area contributed by atoms with E-state index in [0.717, 1.165) is 16.0 Å². The van der Waals surface area contributed by atoms with Crippen molar-refractivity contribution < 1.29 is 14.7 Å². The van der Waals surface area contributed by atoms with Crippen LogP contribution in [0.4, 0.5) is 5.82 Å². The first-order chi connectivity index (χ1) is 9.60. The van der Waals surface area contributed by atoms with Crippen molar-refractivity contribution in [3.63, 3.8) is 0 Å². The molecular formula is C14H10N2O3S. The third kappa shape index (κ3) is 1.34. The molecule has 1 spiro atoms. The largest absolute Gasteiger partial charge is 0.477 e. The van der Waals surface area contributed by atoms with Gasteiger partial charge in [-0.1, -0.05) is 6.07 Å². The van der Waals surface area contributed by atoms with Crippen LogP contribution in [0.3, 0.4) is 0 Å². The highest BCUT2D eigenvalue weighted by molar-refractivity contribution is 7.14. The highest BCUT2D eigenvalue weighted by Gasteiger charge is 2.51. The zero-order valence-corrected chi connectivity index (χ0v) is 11.2. The van der Waals surface area contributed by atoms with Crippen LogP contribution in [0.5, 0.6) is 0 Å². The molecule has 2 aliphatic rings. The van der Waals surface area contributed by atoms with Crippen LogP contribution < -0.4 is 5.32 Å². The van der Waals surface area contributed by atoms with Crippen LogP contribution >= 0.6 is 11.3 Å². The molecule has 6 heteroatoms. The van der Waals surface area contributed by atoms with Crippen LogP contribution in [0.25, 0.3) is 0 Å². The Balaban J connectivity index is 1.80. The van der Waals surface area contributed by atoms with E-state index < -0.39 is 11.4 Å². The molecule has 1 atom stereocenters. The normalized spacial score (nSPS) is 22.7. The highest BCUT2D eigenvalue weighted by atomic mass is 32.1. The van der Waals surface area contributed by atoms with Crippen LogP contribution in [0.15, 0.2) is 24.4 Å². The molecule has 0 fully saturated rings. The number of thiophene rings is 1. The Bertz CT molecular complexity index is 742. The van der Waals surface area contributed by atoms with Crippen molar-refractivity contribution in [2.75, 3.05) is 5.32 Å². The molecule has 4 rings (SSSR count). The number of carboxylic acids is 1. The predicted octanol–water partition coefficient (Wildman–Crippen LogP) is 1.83. The van der Waals surface area contributed by atoms with E-state index in [1.165, 1.54) is 11.3 Å². The maximum absolute atomic E-state index is 12.4. The van der Waals surface area contributed by atoms with Crippen LogP contribution in [-0.2, 0) is 23.1 Å². The predicted molar refractivity (Wildman–Crippen MR) is 73.2 cm³/mol. The summed E-state index contributed by atoms with van der Waals surface area (Å²) < 4.78 is 0. The number of carbonyl (C=O) groups excluding carboxylic acids is 1. The fourth-order valence-electron chi connectivity index (χ4n) is 3.12. The van der Waals surface area contributed by atoms with E-state index in [4.69, 9.17) is 5.11 Å². The Kier molecular flexibility index (Phi) is 2.13. The maximum atomic E-state index is 12.4. The van der Waals surface area contributed by atoms with Gasteiger partial charge in [-0.05, 0) is 24.1 Å². The number of aromatic carboxylic acids is 1. The highest BCUT2D eigenvalue weighted by Crippen LogP contribution is 2.48. The number of carboxylic acid groups (broad SMARTS) is 1. The lowest BCUT2D eigenvalue weighted by molar-refractivity contribution is -0.120. The summed E-state index contributed by atoms with van der Waals surface area (Å²) in [5.41, 5.74) is 1.30. The summed E-state index contributed by atoms with van der Waals surface area (Å²) in [5, 5.41) is 11.9. The molecule has 0 saturated heterocycles. The van der Waals surface area contributed by atoms with Crippen molar-refractivity contribution in [1.29, 1.82) is 0 Å². The van der Waals surface area contributed by atoms with Crippen molar-refractivity contribution in [1.82, 2.24) is 4.98 Å². The number of pyridine rings is 1. The lowest BCUT2D eigenvalue weighted by Crippen LogP contribution is -2.35. The molecule has 0 aromatic carbocycles. The number of carbonyl (C=O) groups is 2. The van der Waals surface area contributed by atoms with E-state index in [1.807, 2.05) is 12.1 Å². The second kappa shape index (κ2) is 3.67. The van der Waals surface area contributed by atoms with Gasteiger partial charge in [0.1, 0.15) is 10.7 Å². The van der Waals surface area contributed by atoms with Crippen LogP contribution in [0.2, 0.25) is 0 Å². The van der Waals surface area contributed by atoms with Crippen molar-refractivity contribution in [2.45, 2.75) is 18.3 Å². The number of nitrogens with zero attached hydrogens (tertiary/aromatic N) is 1. The first-order valence-electron chi connectivity index (χ1n) is 6.22. The second-order valence-corrected chi connectivity index (χ2v) is 6.29. The van der Waals surface area contributed by atoms with Crippen molar-refractivity contribution in [2.24, 2.45) is 0 Å². The van der Waals surface area contributed by atoms with Crippen molar-refractivity contribution in [3.8, 4) is 0 Å². The molecule has 1 amide bonds. The quantitative estimate of drug-likeness (QED) is 0.838. The molecule has 5 nitrogen and oxygen atoms in total. The Morgan fingerprint density at radius 3 is 3.05 bits per heavy atom.